The molecule has 21 heavy (non-hydrogen) atoms. The zero-order valence-electron chi connectivity index (χ0n) is 12.8. The van der Waals surface area contributed by atoms with Gasteiger partial charge in [-0.15, -0.1) is 0 Å². The van der Waals surface area contributed by atoms with Crippen LogP contribution in [0.4, 0.5) is 0 Å². The Balaban J connectivity index is 1.66. The van der Waals surface area contributed by atoms with Gasteiger partial charge in [0.05, 0.1) is 12.0 Å². The van der Waals surface area contributed by atoms with E-state index in [1.165, 1.54) is 0 Å². The Bertz CT molecular complexity index is 370. The summed E-state index contributed by atoms with van der Waals surface area (Å²) >= 11 is 0. The summed E-state index contributed by atoms with van der Waals surface area (Å²) in [6.07, 6.45) is 8.45. The molecule has 2 aliphatic carbocycles. The highest BCUT2D eigenvalue weighted by Gasteiger charge is 2.32. The van der Waals surface area contributed by atoms with E-state index in [2.05, 4.69) is 5.32 Å². The van der Waals surface area contributed by atoms with Crippen LogP contribution in [0.2, 0.25) is 0 Å². The van der Waals surface area contributed by atoms with Gasteiger partial charge in [0.15, 0.2) is 0 Å². The number of nitrogens with two attached hydrogens (primary N) is 1. The third kappa shape index (κ3) is 4.99. The van der Waals surface area contributed by atoms with Crippen LogP contribution < -0.4 is 11.1 Å². The number of hydrogen-bond acceptors (Lipinski definition) is 3. The van der Waals surface area contributed by atoms with Crippen LogP contribution in [0.3, 0.4) is 0 Å². The Morgan fingerprint density at radius 3 is 2.29 bits per heavy atom. The second kappa shape index (κ2) is 7.25. The average Bonchev–Trinajstić information content (AvgIpc) is 2.46. The molecule has 4 N–H and O–H groups in total. The number of rotatable bonds is 5. The molecule has 2 rings (SSSR count). The second-order valence-corrected chi connectivity index (χ2v) is 6.89. The number of primary amides is 1. The first-order valence-corrected chi connectivity index (χ1v) is 8.27. The van der Waals surface area contributed by atoms with E-state index in [4.69, 9.17) is 5.73 Å². The van der Waals surface area contributed by atoms with Crippen LogP contribution in [-0.4, -0.2) is 29.1 Å². The van der Waals surface area contributed by atoms with E-state index in [1.54, 1.807) is 0 Å². The van der Waals surface area contributed by atoms with Crippen molar-refractivity contribution in [2.45, 2.75) is 69.8 Å². The summed E-state index contributed by atoms with van der Waals surface area (Å²) in [7, 11) is 0. The zero-order valence-corrected chi connectivity index (χ0v) is 12.8. The predicted molar refractivity (Wildman–Crippen MR) is 80.3 cm³/mol. The molecule has 2 fully saturated rings. The smallest absolute Gasteiger partial charge is 0.222 e. The van der Waals surface area contributed by atoms with E-state index in [0.29, 0.717) is 12.5 Å². The molecular formula is C16H28N2O3. The molecule has 0 aromatic heterocycles. The SMILES string of the molecule is NC(=O)C1CCC(CNC(=O)CC2(O)CCCCC2)CC1. The van der Waals surface area contributed by atoms with Gasteiger partial charge in [0.1, 0.15) is 0 Å². The summed E-state index contributed by atoms with van der Waals surface area (Å²) in [5.74, 6) is 0.207. The van der Waals surface area contributed by atoms with Gasteiger partial charge in [0.25, 0.3) is 0 Å². The lowest BCUT2D eigenvalue weighted by Gasteiger charge is -2.32. The second-order valence-electron chi connectivity index (χ2n) is 6.89. The van der Waals surface area contributed by atoms with E-state index in [9.17, 15) is 14.7 Å². The maximum Gasteiger partial charge on any atom is 0.222 e. The lowest BCUT2D eigenvalue weighted by molar-refractivity contribution is -0.128. The van der Waals surface area contributed by atoms with Gasteiger partial charge in [0, 0.05) is 12.5 Å². The molecule has 0 saturated heterocycles. The molecule has 0 atom stereocenters. The highest BCUT2D eigenvalue weighted by atomic mass is 16.3. The minimum atomic E-state index is -0.786. The molecule has 0 bridgehead atoms. The predicted octanol–water partition coefficient (Wildman–Crippen LogP) is 1.48. The molecule has 2 aliphatic rings. The van der Waals surface area contributed by atoms with Gasteiger partial charge >= 0.3 is 0 Å². The third-order valence-electron chi connectivity index (χ3n) is 5.11. The van der Waals surface area contributed by atoms with E-state index in [1.807, 2.05) is 0 Å². The summed E-state index contributed by atoms with van der Waals surface area (Å²) in [6.45, 7) is 0.653. The fraction of sp³-hybridized carbons (Fsp3) is 0.875. The van der Waals surface area contributed by atoms with Crippen molar-refractivity contribution in [2.75, 3.05) is 6.54 Å². The molecule has 0 aromatic carbocycles. The van der Waals surface area contributed by atoms with E-state index < -0.39 is 5.60 Å². The first-order chi connectivity index (χ1) is 9.98. The van der Waals surface area contributed by atoms with Crippen LogP contribution in [0.1, 0.15) is 64.2 Å². The lowest BCUT2D eigenvalue weighted by atomic mass is 9.81. The van der Waals surface area contributed by atoms with Crippen LogP contribution in [0.25, 0.3) is 0 Å². The molecule has 120 valence electrons. The molecule has 5 nitrogen and oxygen atoms in total. The normalized spacial score (nSPS) is 28.8. The Morgan fingerprint density at radius 2 is 1.71 bits per heavy atom. The van der Waals surface area contributed by atoms with Gasteiger partial charge in [-0.1, -0.05) is 19.3 Å². The summed E-state index contributed by atoms with van der Waals surface area (Å²) < 4.78 is 0. The van der Waals surface area contributed by atoms with Crippen LogP contribution in [-0.2, 0) is 9.59 Å². The van der Waals surface area contributed by atoms with Gasteiger partial charge in [-0.2, -0.15) is 0 Å². The van der Waals surface area contributed by atoms with Gasteiger partial charge in [-0.25, -0.2) is 0 Å². The van der Waals surface area contributed by atoms with E-state index in [0.717, 1.165) is 57.8 Å². The number of hydrogen-bond donors (Lipinski definition) is 3. The summed E-state index contributed by atoms with van der Waals surface area (Å²) in [4.78, 5) is 23.1. The maximum atomic E-state index is 12.0. The van der Waals surface area contributed by atoms with Gasteiger partial charge in [-0.05, 0) is 44.4 Å². The fourth-order valence-corrected chi connectivity index (χ4v) is 3.66. The van der Waals surface area contributed by atoms with Crippen molar-refractivity contribution >= 4 is 11.8 Å². The van der Waals surface area contributed by atoms with Crippen molar-refractivity contribution in [3.05, 3.63) is 0 Å². The topological polar surface area (TPSA) is 92.4 Å². The maximum absolute atomic E-state index is 12.0. The van der Waals surface area contributed by atoms with Gasteiger partial charge < -0.3 is 16.2 Å². The summed E-state index contributed by atoms with van der Waals surface area (Å²) in [5, 5.41) is 13.3. The Hall–Kier alpha value is -1.10. The fourth-order valence-electron chi connectivity index (χ4n) is 3.66. The number of nitrogens with one attached hydrogen (secondary N) is 1. The number of amides is 2. The molecule has 0 heterocycles. The highest BCUT2D eigenvalue weighted by molar-refractivity contribution is 5.77. The molecule has 0 spiro atoms. The molecule has 2 amide bonds. The Kier molecular flexibility index (Phi) is 5.62. The molecular weight excluding hydrogens is 268 g/mol. The summed E-state index contributed by atoms with van der Waals surface area (Å²) in [5.41, 5.74) is 4.53. The van der Waals surface area contributed by atoms with Crippen molar-refractivity contribution in [3.8, 4) is 0 Å². The molecule has 0 radical (unpaired) electrons. The first kappa shape index (κ1) is 16.3. The minimum Gasteiger partial charge on any atom is -0.389 e. The van der Waals surface area contributed by atoms with Crippen LogP contribution in [0.15, 0.2) is 0 Å². The molecule has 0 aromatic rings. The monoisotopic (exact) mass is 296 g/mol. The lowest BCUT2D eigenvalue weighted by Crippen LogP contribution is -2.40. The zero-order chi connectivity index (χ0) is 15.3. The molecule has 0 unspecified atom stereocenters. The van der Waals surface area contributed by atoms with Crippen molar-refractivity contribution in [1.82, 2.24) is 5.32 Å². The van der Waals surface area contributed by atoms with Crippen LogP contribution in [0, 0.1) is 11.8 Å². The number of aliphatic hydroxyl groups is 1. The van der Waals surface area contributed by atoms with Crippen molar-refractivity contribution in [3.63, 3.8) is 0 Å². The van der Waals surface area contributed by atoms with Crippen molar-refractivity contribution in [2.24, 2.45) is 17.6 Å². The van der Waals surface area contributed by atoms with Crippen LogP contribution in [0.5, 0.6) is 0 Å². The minimum absolute atomic E-state index is 0.0138. The molecule has 2 saturated carbocycles. The van der Waals surface area contributed by atoms with Crippen molar-refractivity contribution < 1.29 is 14.7 Å². The standard InChI is InChI=1S/C16H28N2O3/c17-15(20)13-6-4-12(5-7-13)11-18-14(19)10-16(21)8-2-1-3-9-16/h12-13,21H,1-11H2,(H2,17,20)(H,18,19). The quantitative estimate of drug-likeness (QED) is 0.717. The number of carbonyl (C=O) groups excluding carboxylic acids is 2. The van der Waals surface area contributed by atoms with E-state index in [-0.39, 0.29) is 24.2 Å². The van der Waals surface area contributed by atoms with Gasteiger partial charge in [0.2, 0.25) is 11.8 Å². The van der Waals surface area contributed by atoms with Gasteiger partial charge in [-0.3, -0.25) is 9.59 Å². The highest BCUT2D eigenvalue weighted by Crippen LogP contribution is 2.31. The molecule has 0 aliphatic heterocycles. The number of carbonyl (C=O) groups is 2. The Labute approximate surface area is 126 Å². The van der Waals surface area contributed by atoms with E-state index >= 15 is 0 Å². The average molecular weight is 296 g/mol. The largest absolute Gasteiger partial charge is 0.389 e. The van der Waals surface area contributed by atoms with Crippen molar-refractivity contribution in [1.29, 1.82) is 0 Å². The summed E-state index contributed by atoms with van der Waals surface area (Å²) in [6, 6.07) is 0. The Morgan fingerprint density at radius 1 is 1.10 bits per heavy atom. The third-order valence-corrected chi connectivity index (χ3v) is 5.11. The molecule has 5 heteroatoms. The van der Waals surface area contributed by atoms with Crippen LogP contribution >= 0.6 is 0 Å². The first-order valence-electron chi connectivity index (χ1n) is 8.27.